The molecule has 0 radical (unpaired) electrons. The standard InChI is InChI=1S/C26H26O2/c1-3-18(20-6-7-24-16-26(28)11-9-22(24)14-20)12-17(2)19-4-5-23-15-25(27)10-8-21(23)13-19/h4-11,13-18,27-28H,3,12H2,1-2H3. The number of phenols is 2. The Bertz CT molecular complexity index is 1130. The lowest BCUT2D eigenvalue weighted by molar-refractivity contribution is 0.475. The third kappa shape index (κ3) is 3.68. The van der Waals surface area contributed by atoms with Gasteiger partial charge in [0.05, 0.1) is 0 Å². The maximum atomic E-state index is 9.68. The minimum absolute atomic E-state index is 0.309. The molecule has 0 heterocycles. The first-order chi connectivity index (χ1) is 13.5. The molecule has 4 aromatic carbocycles. The molecule has 2 N–H and O–H groups in total. The third-order valence-corrected chi connectivity index (χ3v) is 5.87. The van der Waals surface area contributed by atoms with Crippen LogP contribution in [-0.4, -0.2) is 10.2 Å². The Morgan fingerprint density at radius 1 is 0.643 bits per heavy atom. The van der Waals surface area contributed by atoms with Gasteiger partial charge >= 0.3 is 0 Å². The Morgan fingerprint density at radius 2 is 1.11 bits per heavy atom. The Morgan fingerprint density at radius 3 is 1.68 bits per heavy atom. The lowest BCUT2D eigenvalue weighted by atomic mass is 9.83. The van der Waals surface area contributed by atoms with E-state index < -0.39 is 0 Å². The van der Waals surface area contributed by atoms with Crippen LogP contribution in [-0.2, 0) is 0 Å². The normalized spacial score (nSPS) is 13.6. The molecule has 0 aliphatic carbocycles. The fourth-order valence-corrected chi connectivity index (χ4v) is 4.16. The van der Waals surface area contributed by atoms with E-state index in [1.54, 1.807) is 12.1 Å². The maximum Gasteiger partial charge on any atom is 0.116 e. The monoisotopic (exact) mass is 370 g/mol. The second kappa shape index (κ2) is 7.55. The summed E-state index contributed by atoms with van der Waals surface area (Å²) < 4.78 is 0. The smallest absolute Gasteiger partial charge is 0.116 e. The van der Waals surface area contributed by atoms with Gasteiger partial charge in [-0.2, -0.15) is 0 Å². The van der Waals surface area contributed by atoms with E-state index in [2.05, 4.69) is 50.2 Å². The zero-order chi connectivity index (χ0) is 19.7. The topological polar surface area (TPSA) is 40.5 Å². The van der Waals surface area contributed by atoms with Gasteiger partial charge in [-0.15, -0.1) is 0 Å². The van der Waals surface area contributed by atoms with Crippen molar-refractivity contribution in [2.75, 3.05) is 0 Å². The van der Waals surface area contributed by atoms with Crippen LogP contribution in [0, 0.1) is 0 Å². The molecule has 28 heavy (non-hydrogen) atoms. The summed E-state index contributed by atoms with van der Waals surface area (Å²) in [6.07, 6.45) is 2.18. The van der Waals surface area contributed by atoms with E-state index >= 15 is 0 Å². The van der Waals surface area contributed by atoms with E-state index in [-0.39, 0.29) is 0 Å². The van der Waals surface area contributed by atoms with Gasteiger partial charge in [0.15, 0.2) is 0 Å². The van der Waals surface area contributed by atoms with E-state index in [0.717, 1.165) is 23.6 Å². The molecular weight excluding hydrogens is 344 g/mol. The molecule has 142 valence electrons. The van der Waals surface area contributed by atoms with Crippen LogP contribution < -0.4 is 0 Å². The molecule has 2 unspecified atom stereocenters. The number of benzene rings is 4. The van der Waals surface area contributed by atoms with Crippen molar-refractivity contribution in [2.45, 2.75) is 38.5 Å². The SMILES string of the molecule is CCC(CC(C)c1ccc2cc(O)ccc2c1)c1ccc2cc(O)ccc2c1. The lowest BCUT2D eigenvalue weighted by Gasteiger charge is -2.21. The molecule has 0 saturated carbocycles. The Kier molecular flexibility index (Phi) is 4.95. The summed E-state index contributed by atoms with van der Waals surface area (Å²) in [5.74, 6) is 1.55. The summed E-state index contributed by atoms with van der Waals surface area (Å²) in [4.78, 5) is 0. The van der Waals surface area contributed by atoms with Gasteiger partial charge in [-0.1, -0.05) is 62.4 Å². The Balaban J connectivity index is 1.59. The number of rotatable bonds is 5. The van der Waals surface area contributed by atoms with Gasteiger partial charge in [-0.3, -0.25) is 0 Å². The molecule has 0 amide bonds. The van der Waals surface area contributed by atoms with Crippen LogP contribution in [0.25, 0.3) is 21.5 Å². The van der Waals surface area contributed by atoms with Gasteiger partial charge in [0, 0.05) is 0 Å². The molecule has 0 aliphatic rings. The van der Waals surface area contributed by atoms with Crippen molar-refractivity contribution in [3.63, 3.8) is 0 Å². The molecule has 2 atom stereocenters. The quantitative estimate of drug-likeness (QED) is 0.393. The fourth-order valence-electron chi connectivity index (χ4n) is 4.16. The number of hydrogen-bond acceptors (Lipinski definition) is 2. The van der Waals surface area contributed by atoms with E-state index in [1.807, 2.05) is 24.3 Å². The van der Waals surface area contributed by atoms with Crippen LogP contribution in [0.3, 0.4) is 0 Å². The van der Waals surface area contributed by atoms with Gasteiger partial charge in [-0.05, 0) is 81.6 Å². The van der Waals surface area contributed by atoms with Crippen molar-refractivity contribution in [1.82, 2.24) is 0 Å². The highest BCUT2D eigenvalue weighted by Crippen LogP contribution is 2.35. The van der Waals surface area contributed by atoms with Crippen LogP contribution in [0.5, 0.6) is 11.5 Å². The predicted octanol–water partition coefficient (Wildman–Crippen LogP) is 7.09. The summed E-state index contributed by atoms with van der Waals surface area (Å²) in [5, 5.41) is 23.8. The average molecular weight is 370 g/mol. The van der Waals surface area contributed by atoms with Gasteiger partial charge in [-0.25, -0.2) is 0 Å². The molecule has 0 saturated heterocycles. The summed E-state index contributed by atoms with van der Waals surface area (Å²) in [6, 6.07) is 24.2. The fraction of sp³-hybridized carbons (Fsp3) is 0.231. The largest absolute Gasteiger partial charge is 0.508 e. The van der Waals surface area contributed by atoms with Crippen molar-refractivity contribution >= 4 is 21.5 Å². The molecule has 4 rings (SSSR count). The van der Waals surface area contributed by atoms with Crippen LogP contribution >= 0.6 is 0 Å². The average Bonchev–Trinajstić information content (AvgIpc) is 2.71. The zero-order valence-corrected chi connectivity index (χ0v) is 16.4. The molecule has 2 nitrogen and oxygen atoms in total. The minimum Gasteiger partial charge on any atom is -0.508 e. The molecule has 4 aromatic rings. The maximum absolute atomic E-state index is 9.68. The highest BCUT2D eigenvalue weighted by atomic mass is 16.3. The first kappa shape index (κ1) is 18.4. The molecular formula is C26H26O2. The first-order valence-electron chi connectivity index (χ1n) is 9.99. The number of aromatic hydroxyl groups is 2. The molecule has 0 aromatic heterocycles. The third-order valence-electron chi connectivity index (χ3n) is 5.87. The van der Waals surface area contributed by atoms with Crippen molar-refractivity contribution < 1.29 is 10.2 Å². The molecule has 0 aliphatic heterocycles. The summed E-state index contributed by atoms with van der Waals surface area (Å²) in [7, 11) is 0. The molecule has 0 bridgehead atoms. The predicted molar refractivity (Wildman–Crippen MR) is 117 cm³/mol. The van der Waals surface area contributed by atoms with Crippen LogP contribution in [0.2, 0.25) is 0 Å². The van der Waals surface area contributed by atoms with E-state index in [4.69, 9.17) is 0 Å². The first-order valence-corrected chi connectivity index (χ1v) is 9.99. The lowest BCUT2D eigenvalue weighted by Crippen LogP contribution is -2.04. The summed E-state index contributed by atoms with van der Waals surface area (Å²) in [6.45, 7) is 4.55. The van der Waals surface area contributed by atoms with Crippen molar-refractivity contribution in [1.29, 1.82) is 0 Å². The second-order valence-electron chi connectivity index (χ2n) is 7.82. The molecule has 0 spiro atoms. The van der Waals surface area contributed by atoms with Crippen molar-refractivity contribution in [2.24, 2.45) is 0 Å². The van der Waals surface area contributed by atoms with Gasteiger partial charge < -0.3 is 10.2 Å². The molecule has 0 fully saturated rings. The van der Waals surface area contributed by atoms with Gasteiger partial charge in [0.25, 0.3) is 0 Å². The number of fused-ring (bicyclic) bond motifs is 2. The minimum atomic E-state index is 0.309. The van der Waals surface area contributed by atoms with Crippen LogP contribution in [0.4, 0.5) is 0 Å². The van der Waals surface area contributed by atoms with E-state index in [9.17, 15) is 10.2 Å². The highest BCUT2D eigenvalue weighted by molar-refractivity contribution is 5.85. The Hall–Kier alpha value is -3.00. The molecule has 2 heteroatoms. The van der Waals surface area contributed by atoms with Gasteiger partial charge in [0.1, 0.15) is 11.5 Å². The van der Waals surface area contributed by atoms with Crippen LogP contribution in [0.1, 0.15) is 49.7 Å². The highest BCUT2D eigenvalue weighted by Gasteiger charge is 2.16. The van der Waals surface area contributed by atoms with Gasteiger partial charge in [0.2, 0.25) is 0 Å². The van der Waals surface area contributed by atoms with Crippen molar-refractivity contribution in [3.8, 4) is 11.5 Å². The number of hydrogen-bond donors (Lipinski definition) is 2. The second-order valence-corrected chi connectivity index (χ2v) is 7.82. The summed E-state index contributed by atoms with van der Waals surface area (Å²) >= 11 is 0. The van der Waals surface area contributed by atoms with Crippen molar-refractivity contribution in [3.05, 3.63) is 83.9 Å². The Labute approximate surface area is 166 Å². The van der Waals surface area contributed by atoms with Crippen LogP contribution in [0.15, 0.2) is 72.8 Å². The van der Waals surface area contributed by atoms with E-state index in [0.29, 0.717) is 23.3 Å². The zero-order valence-electron chi connectivity index (χ0n) is 16.4. The number of phenolic OH excluding ortho intramolecular Hbond substituents is 2. The summed E-state index contributed by atoms with van der Waals surface area (Å²) in [5.41, 5.74) is 2.70. The van der Waals surface area contributed by atoms with E-state index in [1.165, 1.54) is 21.9 Å².